The molecular weight excluding hydrogens is 156 g/mol. The Bertz CT molecular complexity index is 315. The number of nitrogen functional groups attached to an aromatic ring is 1. The first-order chi connectivity index (χ1) is 5.57. The lowest BCUT2D eigenvalue weighted by molar-refractivity contribution is 0.0591. The Kier molecular flexibility index (Phi) is 2.08. The molecular formula is C8H12N2O2. The molecule has 12 heavy (non-hydrogen) atoms. The highest BCUT2D eigenvalue weighted by Gasteiger charge is 2.15. The van der Waals surface area contributed by atoms with E-state index in [0.717, 1.165) is 5.56 Å². The molecule has 1 heterocycles. The van der Waals surface area contributed by atoms with Crippen molar-refractivity contribution in [1.29, 1.82) is 0 Å². The monoisotopic (exact) mass is 168 g/mol. The van der Waals surface area contributed by atoms with E-state index in [1.54, 1.807) is 17.8 Å². The van der Waals surface area contributed by atoms with Crippen molar-refractivity contribution >= 4 is 11.7 Å². The molecule has 66 valence electrons. The van der Waals surface area contributed by atoms with Crippen LogP contribution in [-0.2, 0) is 11.8 Å². The van der Waals surface area contributed by atoms with E-state index in [4.69, 9.17) is 5.73 Å². The maximum Gasteiger partial charge on any atom is 0.356 e. The van der Waals surface area contributed by atoms with Gasteiger partial charge < -0.3 is 15.0 Å². The van der Waals surface area contributed by atoms with Crippen molar-refractivity contribution < 1.29 is 9.53 Å². The predicted molar refractivity (Wildman–Crippen MR) is 45.9 cm³/mol. The third kappa shape index (κ3) is 1.15. The lowest BCUT2D eigenvalue weighted by Crippen LogP contribution is -2.09. The number of aromatic nitrogens is 1. The van der Waals surface area contributed by atoms with Gasteiger partial charge in [0.25, 0.3) is 0 Å². The molecule has 0 unspecified atom stereocenters. The number of anilines is 1. The van der Waals surface area contributed by atoms with E-state index in [2.05, 4.69) is 4.74 Å². The standard InChI is InChI=1S/C8H12N2O2/c1-5-4-10(2)7(6(5)9)8(11)12-3/h4H,9H2,1-3H3. The SMILES string of the molecule is COC(=O)c1c(N)c(C)cn1C. The number of hydrogen-bond acceptors (Lipinski definition) is 3. The van der Waals surface area contributed by atoms with Gasteiger partial charge in [-0.05, 0) is 12.5 Å². The lowest BCUT2D eigenvalue weighted by atomic mass is 10.3. The molecule has 0 aromatic carbocycles. The first kappa shape index (κ1) is 8.64. The molecule has 1 rings (SSSR count). The fourth-order valence-electron chi connectivity index (χ4n) is 1.15. The molecule has 2 N–H and O–H groups in total. The highest BCUT2D eigenvalue weighted by molar-refractivity contribution is 5.94. The molecule has 0 amide bonds. The van der Waals surface area contributed by atoms with Gasteiger partial charge in [0.1, 0.15) is 0 Å². The molecule has 4 nitrogen and oxygen atoms in total. The van der Waals surface area contributed by atoms with E-state index in [9.17, 15) is 4.79 Å². The Morgan fingerprint density at radius 3 is 2.58 bits per heavy atom. The smallest absolute Gasteiger partial charge is 0.356 e. The minimum atomic E-state index is -0.400. The maximum absolute atomic E-state index is 11.1. The molecule has 0 aliphatic carbocycles. The topological polar surface area (TPSA) is 57.2 Å². The zero-order chi connectivity index (χ0) is 9.30. The summed E-state index contributed by atoms with van der Waals surface area (Å²) in [4.78, 5) is 11.1. The first-order valence-corrected chi connectivity index (χ1v) is 3.57. The summed E-state index contributed by atoms with van der Waals surface area (Å²) in [6.07, 6.45) is 1.79. The second kappa shape index (κ2) is 2.89. The van der Waals surface area contributed by atoms with Crippen LogP contribution in [0.4, 0.5) is 5.69 Å². The molecule has 0 spiro atoms. The Balaban J connectivity index is 3.22. The summed E-state index contributed by atoms with van der Waals surface area (Å²) < 4.78 is 6.23. The Morgan fingerprint density at radius 1 is 1.67 bits per heavy atom. The first-order valence-electron chi connectivity index (χ1n) is 3.57. The van der Waals surface area contributed by atoms with E-state index in [-0.39, 0.29) is 0 Å². The minimum Gasteiger partial charge on any atom is -0.464 e. The summed E-state index contributed by atoms with van der Waals surface area (Å²) in [6, 6.07) is 0. The van der Waals surface area contributed by atoms with Gasteiger partial charge in [0, 0.05) is 13.2 Å². The van der Waals surface area contributed by atoms with Crippen molar-refractivity contribution in [3.05, 3.63) is 17.5 Å². The van der Waals surface area contributed by atoms with Crippen LogP contribution in [0.15, 0.2) is 6.20 Å². The van der Waals surface area contributed by atoms with Gasteiger partial charge in [-0.3, -0.25) is 0 Å². The molecule has 0 saturated carbocycles. The van der Waals surface area contributed by atoms with Crippen LogP contribution < -0.4 is 5.73 Å². The molecule has 1 aromatic heterocycles. The summed E-state index contributed by atoms with van der Waals surface area (Å²) in [5.74, 6) is -0.400. The average molecular weight is 168 g/mol. The van der Waals surface area contributed by atoms with Gasteiger partial charge in [-0.15, -0.1) is 0 Å². The van der Waals surface area contributed by atoms with Crippen LogP contribution in [0.25, 0.3) is 0 Å². The van der Waals surface area contributed by atoms with Crippen LogP contribution in [-0.4, -0.2) is 17.6 Å². The highest BCUT2D eigenvalue weighted by atomic mass is 16.5. The number of ether oxygens (including phenoxy) is 1. The van der Waals surface area contributed by atoms with Crippen LogP contribution >= 0.6 is 0 Å². The van der Waals surface area contributed by atoms with Gasteiger partial charge >= 0.3 is 5.97 Å². The molecule has 0 fully saturated rings. The van der Waals surface area contributed by atoms with Gasteiger partial charge in [-0.1, -0.05) is 0 Å². The third-order valence-corrected chi connectivity index (χ3v) is 1.80. The van der Waals surface area contributed by atoms with Crippen LogP contribution in [0.3, 0.4) is 0 Å². The van der Waals surface area contributed by atoms with Crippen LogP contribution in [0.1, 0.15) is 16.1 Å². The lowest BCUT2D eigenvalue weighted by Gasteiger charge is -2.01. The zero-order valence-electron chi connectivity index (χ0n) is 7.42. The molecule has 0 saturated heterocycles. The number of nitrogens with two attached hydrogens (primary N) is 1. The summed E-state index contributed by atoms with van der Waals surface area (Å²) in [5, 5.41) is 0. The summed E-state index contributed by atoms with van der Waals surface area (Å²) in [6.45, 7) is 1.85. The van der Waals surface area contributed by atoms with Crippen molar-refractivity contribution in [3.63, 3.8) is 0 Å². The fourth-order valence-corrected chi connectivity index (χ4v) is 1.15. The van der Waals surface area contributed by atoms with Gasteiger partial charge in [-0.2, -0.15) is 0 Å². The molecule has 4 heteroatoms. The number of aryl methyl sites for hydroxylation is 2. The second-order valence-corrected chi connectivity index (χ2v) is 2.68. The second-order valence-electron chi connectivity index (χ2n) is 2.68. The highest BCUT2D eigenvalue weighted by Crippen LogP contribution is 2.18. The van der Waals surface area contributed by atoms with E-state index in [1.807, 2.05) is 6.92 Å². The Morgan fingerprint density at radius 2 is 2.25 bits per heavy atom. The molecule has 1 aromatic rings. The number of rotatable bonds is 1. The van der Waals surface area contributed by atoms with E-state index < -0.39 is 5.97 Å². The van der Waals surface area contributed by atoms with Gasteiger partial charge in [-0.25, -0.2) is 4.79 Å². The zero-order valence-corrected chi connectivity index (χ0v) is 7.42. The van der Waals surface area contributed by atoms with Gasteiger partial charge in [0.2, 0.25) is 0 Å². The number of carbonyl (C=O) groups is 1. The number of esters is 1. The summed E-state index contributed by atoms with van der Waals surface area (Å²) in [5.41, 5.74) is 7.45. The van der Waals surface area contributed by atoms with Crippen molar-refractivity contribution in [2.75, 3.05) is 12.8 Å². The predicted octanol–water partition coefficient (Wildman–Crippen LogP) is 0.702. The Hall–Kier alpha value is -1.45. The normalized spacial score (nSPS) is 9.92. The quantitative estimate of drug-likeness (QED) is 0.628. The molecule has 0 aliphatic heterocycles. The third-order valence-electron chi connectivity index (χ3n) is 1.80. The average Bonchev–Trinajstić information content (AvgIpc) is 2.26. The van der Waals surface area contributed by atoms with Crippen molar-refractivity contribution in [2.45, 2.75) is 6.92 Å². The number of hydrogen-bond donors (Lipinski definition) is 1. The summed E-state index contributed by atoms with van der Waals surface area (Å²) in [7, 11) is 3.10. The summed E-state index contributed by atoms with van der Waals surface area (Å²) >= 11 is 0. The minimum absolute atomic E-state index is 0.400. The van der Waals surface area contributed by atoms with Gasteiger partial charge in [0.15, 0.2) is 5.69 Å². The number of methoxy groups -OCH3 is 1. The van der Waals surface area contributed by atoms with E-state index in [1.165, 1.54) is 7.11 Å². The van der Waals surface area contributed by atoms with Gasteiger partial charge in [0.05, 0.1) is 12.8 Å². The number of nitrogens with zero attached hydrogens (tertiary/aromatic N) is 1. The van der Waals surface area contributed by atoms with Crippen molar-refractivity contribution in [3.8, 4) is 0 Å². The molecule has 0 atom stereocenters. The number of carbonyl (C=O) groups excluding carboxylic acids is 1. The van der Waals surface area contributed by atoms with Crippen LogP contribution in [0.5, 0.6) is 0 Å². The van der Waals surface area contributed by atoms with Crippen LogP contribution in [0, 0.1) is 6.92 Å². The van der Waals surface area contributed by atoms with Crippen molar-refractivity contribution in [1.82, 2.24) is 4.57 Å². The largest absolute Gasteiger partial charge is 0.464 e. The molecule has 0 bridgehead atoms. The maximum atomic E-state index is 11.1. The fraction of sp³-hybridized carbons (Fsp3) is 0.375. The Labute approximate surface area is 70.9 Å². The van der Waals surface area contributed by atoms with E-state index in [0.29, 0.717) is 11.4 Å². The van der Waals surface area contributed by atoms with Crippen LogP contribution in [0.2, 0.25) is 0 Å². The molecule has 0 radical (unpaired) electrons. The molecule has 0 aliphatic rings. The van der Waals surface area contributed by atoms with E-state index >= 15 is 0 Å². The van der Waals surface area contributed by atoms with Crippen molar-refractivity contribution in [2.24, 2.45) is 7.05 Å².